The molecule has 0 aromatic carbocycles. The third kappa shape index (κ3) is 2.95. The first-order valence-corrected chi connectivity index (χ1v) is 8.75. The molecule has 5 rings (SSSR count). The molecule has 4 heterocycles. The molecule has 0 saturated heterocycles. The average Bonchev–Trinajstić information content (AvgIpc) is 3.24. The van der Waals surface area contributed by atoms with E-state index in [9.17, 15) is 4.79 Å². The quantitative estimate of drug-likeness (QED) is 0.605. The largest absolute Gasteiger partial charge is 0.334 e. The second-order valence-electron chi connectivity index (χ2n) is 6.77. The van der Waals surface area contributed by atoms with Crippen molar-refractivity contribution < 1.29 is 4.79 Å². The lowest BCUT2D eigenvalue weighted by atomic mass is 10.1. The molecule has 0 unspecified atom stereocenters. The van der Waals surface area contributed by atoms with E-state index in [4.69, 9.17) is 0 Å². The molecule has 0 spiro atoms. The highest BCUT2D eigenvalue weighted by Gasteiger charge is 2.25. The van der Waals surface area contributed by atoms with E-state index in [-0.39, 0.29) is 5.91 Å². The highest BCUT2D eigenvalue weighted by molar-refractivity contribution is 6.04. The Hall–Kier alpha value is -3.55. The number of imidazole rings is 1. The second-order valence-corrected chi connectivity index (χ2v) is 6.77. The fourth-order valence-corrected chi connectivity index (χ4v) is 3.06. The third-order valence-electron chi connectivity index (χ3n) is 4.71. The van der Waals surface area contributed by atoms with Crippen LogP contribution in [-0.2, 0) is 7.05 Å². The number of carbonyl (C=O) groups excluding carboxylic acids is 1. The van der Waals surface area contributed by atoms with Crippen molar-refractivity contribution in [1.82, 2.24) is 29.3 Å². The molecule has 27 heavy (non-hydrogen) atoms. The van der Waals surface area contributed by atoms with Gasteiger partial charge >= 0.3 is 0 Å². The van der Waals surface area contributed by atoms with Crippen LogP contribution in [0.4, 0.5) is 5.82 Å². The van der Waals surface area contributed by atoms with Gasteiger partial charge in [-0.25, -0.2) is 9.97 Å². The summed E-state index contributed by atoms with van der Waals surface area (Å²) in [5.41, 5.74) is 3.22. The van der Waals surface area contributed by atoms with Crippen molar-refractivity contribution in [3.63, 3.8) is 0 Å². The van der Waals surface area contributed by atoms with Gasteiger partial charge in [0.25, 0.3) is 5.91 Å². The minimum Gasteiger partial charge on any atom is -0.334 e. The predicted octanol–water partition coefficient (Wildman–Crippen LogP) is 2.81. The third-order valence-corrected chi connectivity index (χ3v) is 4.71. The Kier molecular flexibility index (Phi) is 3.49. The molecule has 1 amide bonds. The highest BCUT2D eigenvalue weighted by atomic mass is 16.1. The first-order chi connectivity index (χ1) is 13.2. The molecule has 1 fully saturated rings. The number of carbonyl (C=O) groups is 1. The Morgan fingerprint density at radius 2 is 2.04 bits per heavy atom. The van der Waals surface area contributed by atoms with E-state index in [2.05, 4.69) is 25.4 Å². The van der Waals surface area contributed by atoms with E-state index in [0.717, 1.165) is 35.0 Å². The minimum atomic E-state index is -0.218. The van der Waals surface area contributed by atoms with Gasteiger partial charge in [-0.1, -0.05) is 0 Å². The number of aryl methyl sites for hydroxylation is 1. The zero-order valence-corrected chi connectivity index (χ0v) is 14.7. The SMILES string of the molecule is Cn1cncc1-c1cnc2cnc(NC(=O)c3cnn(C4CC4)c3)cc2c1. The van der Waals surface area contributed by atoms with Crippen molar-refractivity contribution >= 4 is 22.6 Å². The maximum atomic E-state index is 12.5. The number of nitrogens with one attached hydrogen (secondary N) is 1. The summed E-state index contributed by atoms with van der Waals surface area (Å²) in [6.45, 7) is 0. The van der Waals surface area contributed by atoms with Crippen molar-refractivity contribution in [2.75, 3.05) is 5.32 Å². The van der Waals surface area contributed by atoms with Crippen LogP contribution in [0.15, 0.2) is 49.4 Å². The van der Waals surface area contributed by atoms with Gasteiger partial charge in [0.15, 0.2) is 0 Å². The molecule has 1 aliphatic carbocycles. The van der Waals surface area contributed by atoms with Crippen molar-refractivity contribution in [3.8, 4) is 11.3 Å². The van der Waals surface area contributed by atoms with Crippen LogP contribution in [0.3, 0.4) is 0 Å². The summed E-state index contributed by atoms with van der Waals surface area (Å²) in [7, 11) is 1.94. The molecule has 134 valence electrons. The number of amides is 1. The molecule has 0 radical (unpaired) electrons. The Balaban J connectivity index is 1.42. The minimum absolute atomic E-state index is 0.218. The van der Waals surface area contributed by atoms with Gasteiger partial charge in [0, 0.05) is 30.4 Å². The number of hydrogen-bond donors (Lipinski definition) is 1. The zero-order chi connectivity index (χ0) is 18.4. The summed E-state index contributed by atoms with van der Waals surface area (Å²) in [5, 5.41) is 7.99. The fraction of sp³-hybridized carbons (Fsp3) is 0.211. The summed E-state index contributed by atoms with van der Waals surface area (Å²) >= 11 is 0. The molecule has 1 aliphatic rings. The Morgan fingerprint density at radius 1 is 1.15 bits per heavy atom. The van der Waals surface area contributed by atoms with Gasteiger partial charge in [-0.3, -0.25) is 14.5 Å². The van der Waals surface area contributed by atoms with E-state index >= 15 is 0 Å². The summed E-state index contributed by atoms with van der Waals surface area (Å²) < 4.78 is 3.79. The van der Waals surface area contributed by atoms with Crippen LogP contribution in [0.2, 0.25) is 0 Å². The average molecular weight is 359 g/mol. The normalized spacial score (nSPS) is 13.8. The fourth-order valence-electron chi connectivity index (χ4n) is 3.06. The van der Waals surface area contributed by atoms with Gasteiger partial charge in [0.1, 0.15) is 5.82 Å². The standard InChI is InChI=1S/C19H17N7O/c1-25-11-20-9-17(25)13-4-12-5-18(22-8-16(12)21-6-13)24-19(27)14-7-23-26(10-14)15-2-3-15/h4-11,15H,2-3H2,1H3,(H,22,24,27). The Morgan fingerprint density at radius 3 is 2.81 bits per heavy atom. The summed E-state index contributed by atoms with van der Waals surface area (Å²) in [4.78, 5) is 25.4. The lowest BCUT2D eigenvalue weighted by molar-refractivity contribution is 0.102. The number of hydrogen-bond acceptors (Lipinski definition) is 5. The molecule has 1 N–H and O–H groups in total. The lowest BCUT2D eigenvalue weighted by Gasteiger charge is -2.06. The number of rotatable bonds is 4. The summed E-state index contributed by atoms with van der Waals surface area (Å²) in [6, 6.07) is 4.29. The number of nitrogens with zero attached hydrogens (tertiary/aromatic N) is 6. The Labute approximate surface area is 154 Å². The topological polar surface area (TPSA) is 90.5 Å². The van der Waals surface area contributed by atoms with Crippen molar-refractivity contribution in [2.45, 2.75) is 18.9 Å². The maximum absolute atomic E-state index is 12.5. The van der Waals surface area contributed by atoms with Gasteiger partial charge in [-0.2, -0.15) is 5.10 Å². The molecule has 4 aromatic heterocycles. The number of fused-ring (bicyclic) bond motifs is 1. The predicted molar refractivity (Wildman–Crippen MR) is 100 cm³/mol. The zero-order valence-electron chi connectivity index (χ0n) is 14.7. The van der Waals surface area contributed by atoms with E-state index in [1.54, 1.807) is 37.3 Å². The smallest absolute Gasteiger partial charge is 0.260 e. The molecular weight excluding hydrogens is 342 g/mol. The second kappa shape index (κ2) is 6.01. The maximum Gasteiger partial charge on any atom is 0.260 e. The molecule has 8 heteroatoms. The van der Waals surface area contributed by atoms with Crippen molar-refractivity contribution in [2.24, 2.45) is 7.05 Å². The first kappa shape index (κ1) is 15.7. The van der Waals surface area contributed by atoms with Crippen LogP contribution in [-0.4, -0.2) is 35.2 Å². The van der Waals surface area contributed by atoms with Crippen LogP contribution >= 0.6 is 0 Å². The lowest BCUT2D eigenvalue weighted by Crippen LogP contribution is -2.12. The van der Waals surface area contributed by atoms with Crippen LogP contribution in [0.25, 0.3) is 22.2 Å². The van der Waals surface area contributed by atoms with E-state index in [1.165, 1.54) is 0 Å². The molecule has 1 saturated carbocycles. The number of anilines is 1. The number of aromatic nitrogens is 6. The molecule has 0 bridgehead atoms. The van der Waals surface area contributed by atoms with Gasteiger partial charge in [-0.05, 0) is 25.0 Å². The first-order valence-electron chi connectivity index (χ1n) is 8.75. The monoisotopic (exact) mass is 359 g/mol. The van der Waals surface area contributed by atoms with Gasteiger partial charge in [0.05, 0.1) is 47.7 Å². The van der Waals surface area contributed by atoms with Crippen LogP contribution in [0.1, 0.15) is 29.2 Å². The van der Waals surface area contributed by atoms with Crippen molar-refractivity contribution in [1.29, 1.82) is 0 Å². The summed E-state index contributed by atoms with van der Waals surface area (Å²) in [6.07, 6.45) is 12.6. The van der Waals surface area contributed by atoms with Gasteiger partial charge < -0.3 is 9.88 Å². The Bertz CT molecular complexity index is 1160. The molecule has 4 aromatic rings. The molecule has 8 nitrogen and oxygen atoms in total. The molecule has 0 aliphatic heterocycles. The highest BCUT2D eigenvalue weighted by Crippen LogP contribution is 2.34. The number of pyridine rings is 2. The van der Waals surface area contributed by atoms with Crippen LogP contribution in [0.5, 0.6) is 0 Å². The van der Waals surface area contributed by atoms with Crippen LogP contribution in [0, 0.1) is 0 Å². The van der Waals surface area contributed by atoms with Gasteiger partial charge in [0.2, 0.25) is 0 Å². The summed E-state index contributed by atoms with van der Waals surface area (Å²) in [5.74, 6) is 0.264. The van der Waals surface area contributed by atoms with Gasteiger partial charge in [-0.15, -0.1) is 0 Å². The van der Waals surface area contributed by atoms with Crippen molar-refractivity contribution in [3.05, 3.63) is 55.0 Å². The van der Waals surface area contributed by atoms with Crippen LogP contribution < -0.4 is 5.32 Å². The molecular formula is C19H17N7O. The van der Waals surface area contributed by atoms with E-state index in [1.807, 2.05) is 28.4 Å². The molecule has 0 atom stereocenters. The van der Waals surface area contributed by atoms with E-state index in [0.29, 0.717) is 17.4 Å². The van der Waals surface area contributed by atoms with E-state index < -0.39 is 0 Å².